The van der Waals surface area contributed by atoms with Gasteiger partial charge < -0.3 is 15.0 Å². The first kappa shape index (κ1) is 12.6. The van der Waals surface area contributed by atoms with Crippen molar-refractivity contribution in [2.75, 3.05) is 38.2 Å². The van der Waals surface area contributed by atoms with Gasteiger partial charge in [-0.1, -0.05) is 12.1 Å². The maximum absolute atomic E-state index is 11.0. The smallest absolute Gasteiger partial charge is 0.330 e. The van der Waals surface area contributed by atoms with Gasteiger partial charge in [0.1, 0.15) is 0 Å². The van der Waals surface area contributed by atoms with Crippen LogP contribution in [0, 0.1) is 0 Å². The van der Waals surface area contributed by atoms with Gasteiger partial charge in [0.2, 0.25) is 0 Å². The number of methoxy groups -OCH3 is 1. The van der Waals surface area contributed by atoms with E-state index in [1.165, 1.54) is 18.9 Å². The second-order valence-electron chi connectivity index (χ2n) is 4.19. The molecule has 1 aromatic rings. The van der Waals surface area contributed by atoms with Gasteiger partial charge in [-0.2, -0.15) is 0 Å². The summed E-state index contributed by atoms with van der Waals surface area (Å²) >= 11 is 0. The summed E-state index contributed by atoms with van der Waals surface area (Å²) in [4.78, 5) is 13.3. The highest BCUT2D eigenvalue weighted by atomic mass is 16.5. The van der Waals surface area contributed by atoms with E-state index in [1.807, 2.05) is 12.1 Å². The molecule has 0 spiro atoms. The summed E-state index contributed by atoms with van der Waals surface area (Å²) in [5.74, 6) is -0.332. The Kier molecular flexibility index (Phi) is 4.36. The molecule has 1 aliphatic rings. The van der Waals surface area contributed by atoms with Crippen molar-refractivity contribution in [3.63, 3.8) is 0 Å². The molecule has 1 aromatic carbocycles. The molecule has 0 saturated carbocycles. The van der Waals surface area contributed by atoms with Crippen LogP contribution in [0.25, 0.3) is 6.08 Å². The third-order valence-corrected chi connectivity index (χ3v) is 2.99. The molecule has 4 nitrogen and oxygen atoms in total. The van der Waals surface area contributed by atoms with Crippen molar-refractivity contribution < 1.29 is 9.53 Å². The molecule has 1 N–H and O–H groups in total. The molecule has 0 aromatic heterocycles. The molecular formula is C14H18N2O2. The summed E-state index contributed by atoms with van der Waals surface area (Å²) in [6, 6.07) is 8.19. The number of rotatable bonds is 3. The van der Waals surface area contributed by atoms with E-state index in [0.717, 1.165) is 31.7 Å². The predicted molar refractivity (Wildman–Crippen MR) is 72.6 cm³/mol. The maximum atomic E-state index is 11.0. The third kappa shape index (κ3) is 3.34. The predicted octanol–water partition coefficient (Wildman–Crippen LogP) is 1.28. The van der Waals surface area contributed by atoms with Gasteiger partial charge >= 0.3 is 5.97 Å². The fourth-order valence-electron chi connectivity index (χ4n) is 1.95. The number of anilines is 1. The molecule has 18 heavy (non-hydrogen) atoms. The lowest BCUT2D eigenvalue weighted by molar-refractivity contribution is -0.134. The van der Waals surface area contributed by atoms with Gasteiger partial charge in [-0.05, 0) is 23.8 Å². The topological polar surface area (TPSA) is 41.6 Å². The van der Waals surface area contributed by atoms with Crippen molar-refractivity contribution >= 4 is 17.7 Å². The van der Waals surface area contributed by atoms with Crippen LogP contribution in [0.5, 0.6) is 0 Å². The Morgan fingerprint density at radius 1 is 1.28 bits per heavy atom. The van der Waals surface area contributed by atoms with Crippen LogP contribution in [-0.4, -0.2) is 39.3 Å². The number of hydrogen-bond donors (Lipinski definition) is 1. The molecule has 0 amide bonds. The van der Waals surface area contributed by atoms with Crippen molar-refractivity contribution in [2.24, 2.45) is 0 Å². The van der Waals surface area contributed by atoms with Gasteiger partial charge in [0.15, 0.2) is 0 Å². The van der Waals surface area contributed by atoms with E-state index in [2.05, 4.69) is 27.1 Å². The van der Waals surface area contributed by atoms with Crippen molar-refractivity contribution in [1.29, 1.82) is 0 Å². The number of nitrogens with zero attached hydrogens (tertiary/aromatic N) is 1. The zero-order valence-corrected chi connectivity index (χ0v) is 10.6. The minimum atomic E-state index is -0.332. The monoisotopic (exact) mass is 246 g/mol. The molecule has 0 bridgehead atoms. The average Bonchev–Trinajstić information content (AvgIpc) is 2.46. The fourth-order valence-corrected chi connectivity index (χ4v) is 1.95. The Balaban J connectivity index is 2.00. The Hall–Kier alpha value is -1.81. The van der Waals surface area contributed by atoms with Crippen LogP contribution in [0.2, 0.25) is 0 Å². The van der Waals surface area contributed by atoms with Crippen LogP contribution in [0.4, 0.5) is 5.69 Å². The van der Waals surface area contributed by atoms with Crippen molar-refractivity contribution in [1.82, 2.24) is 5.32 Å². The van der Waals surface area contributed by atoms with Gasteiger partial charge in [0, 0.05) is 37.9 Å². The zero-order chi connectivity index (χ0) is 12.8. The average molecular weight is 246 g/mol. The van der Waals surface area contributed by atoms with Crippen LogP contribution >= 0.6 is 0 Å². The lowest BCUT2D eigenvalue weighted by Gasteiger charge is -2.29. The fraction of sp³-hybridized carbons (Fsp3) is 0.357. The third-order valence-electron chi connectivity index (χ3n) is 2.99. The normalized spacial score (nSPS) is 15.9. The van der Waals surface area contributed by atoms with E-state index in [1.54, 1.807) is 6.08 Å². The minimum Gasteiger partial charge on any atom is -0.466 e. The summed E-state index contributed by atoms with van der Waals surface area (Å²) in [7, 11) is 1.38. The molecule has 1 heterocycles. The summed E-state index contributed by atoms with van der Waals surface area (Å²) < 4.78 is 4.55. The molecule has 0 atom stereocenters. The van der Waals surface area contributed by atoms with Crippen molar-refractivity contribution in [3.05, 3.63) is 35.9 Å². The standard InChI is InChI=1S/C14H18N2O2/c1-18-14(17)7-4-12-2-5-13(6-3-12)16-10-8-15-9-11-16/h2-7,15H,8-11H2,1H3. The molecule has 1 saturated heterocycles. The summed E-state index contributed by atoms with van der Waals surface area (Å²) in [6.07, 6.45) is 3.19. The number of hydrogen-bond acceptors (Lipinski definition) is 4. The van der Waals surface area contributed by atoms with Crippen molar-refractivity contribution in [3.8, 4) is 0 Å². The Bertz CT molecular complexity index is 420. The van der Waals surface area contributed by atoms with E-state index in [4.69, 9.17) is 0 Å². The second-order valence-corrected chi connectivity index (χ2v) is 4.19. The van der Waals surface area contributed by atoms with E-state index in [9.17, 15) is 4.79 Å². The lowest BCUT2D eigenvalue weighted by Crippen LogP contribution is -2.43. The van der Waals surface area contributed by atoms with Gasteiger partial charge in [0.25, 0.3) is 0 Å². The molecule has 0 aliphatic carbocycles. The first-order valence-electron chi connectivity index (χ1n) is 6.11. The summed E-state index contributed by atoms with van der Waals surface area (Å²) in [5.41, 5.74) is 2.23. The highest BCUT2D eigenvalue weighted by Crippen LogP contribution is 2.16. The van der Waals surface area contributed by atoms with Crippen LogP contribution in [0.3, 0.4) is 0 Å². The number of esters is 1. The van der Waals surface area contributed by atoms with E-state index in [0.29, 0.717) is 0 Å². The van der Waals surface area contributed by atoms with Crippen LogP contribution in [0.1, 0.15) is 5.56 Å². The number of piperazine rings is 1. The molecule has 96 valence electrons. The molecule has 2 rings (SSSR count). The number of ether oxygens (including phenoxy) is 1. The minimum absolute atomic E-state index is 0.332. The van der Waals surface area contributed by atoms with Gasteiger partial charge in [-0.15, -0.1) is 0 Å². The largest absolute Gasteiger partial charge is 0.466 e. The van der Waals surface area contributed by atoms with Gasteiger partial charge in [-0.25, -0.2) is 4.79 Å². The molecular weight excluding hydrogens is 228 g/mol. The Morgan fingerprint density at radius 2 is 1.94 bits per heavy atom. The lowest BCUT2D eigenvalue weighted by atomic mass is 10.1. The zero-order valence-electron chi connectivity index (χ0n) is 10.6. The van der Waals surface area contributed by atoms with E-state index in [-0.39, 0.29) is 5.97 Å². The quantitative estimate of drug-likeness (QED) is 0.644. The molecule has 0 unspecified atom stereocenters. The van der Waals surface area contributed by atoms with Crippen molar-refractivity contribution in [2.45, 2.75) is 0 Å². The van der Waals surface area contributed by atoms with Gasteiger partial charge in [-0.3, -0.25) is 0 Å². The van der Waals surface area contributed by atoms with Gasteiger partial charge in [0.05, 0.1) is 7.11 Å². The summed E-state index contributed by atoms with van der Waals surface area (Å²) in [6.45, 7) is 4.14. The molecule has 1 fully saturated rings. The number of carbonyl (C=O) groups excluding carboxylic acids is 1. The number of carbonyl (C=O) groups is 1. The maximum Gasteiger partial charge on any atom is 0.330 e. The van der Waals surface area contributed by atoms with Crippen LogP contribution in [0.15, 0.2) is 30.3 Å². The summed E-state index contributed by atoms with van der Waals surface area (Å²) in [5, 5.41) is 3.33. The molecule has 0 radical (unpaired) electrons. The second kappa shape index (κ2) is 6.21. The highest BCUT2D eigenvalue weighted by molar-refractivity contribution is 5.86. The Morgan fingerprint density at radius 3 is 2.56 bits per heavy atom. The van der Waals surface area contributed by atoms with E-state index >= 15 is 0 Å². The first-order chi connectivity index (χ1) is 8.79. The Labute approximate surface area is 107 Å². The molecule has 1 aliphatic heterocycles. The SMILES string of the molecule is COC(=O)C=Cc1ccc(N2CCNCC2)cc1. The van der Waals surface area contributed by atoms with Crippen LogP contribution in [-0.2, 0) is 9.53 Å². The molecule has 4 heteroatoms. The van der Waals surface area contributed by atoms with Crippen LogP contribution < -0.4 is 10.2 Å². The number of nitrogens with one attached hydrogen (secondary N) is 1. The van der Waals surface area contributed by atoms with E-state index < -0.39 is 0 Å². The first-order valence-corrected chi connectivity index (χ1v) is 6.11. The number of benzene rings is 1. The highest BCUT2D eigenvalue weighted by Gasteiger charge is 2.09.